The van der Waals surface area contributed by atoms with Gasteiger partial charge in [0.15, 0.2) is 0 Å². The van der Waals surface area contributed by atoms with Crippen LogP contribution in [0, 0.1) is 0 Å². The third kappa shape index (κ3) is 2.02. The van der Waals surface area contributed by atoms with Crippen LogP contribution in [-0.4, -0.2) is 10.1 Å². The van der Waals surface area contributed by atoms with Crippen molar-refractivity contribution in [3.05, 3.63) is 34.7 Å². The van der Waals surface area contributed by atoms with Gasteiger partial charge in [0, 0.05) is 10.4 Å². The van der Waals surface area contributed by atoms with Gasteiger partial charge in [-0.05, 0) is 30.2 Å². The first-order chi connectivity index (χ1) is 7.18. The monoisotopic (exact) mass is 219 g/mol. The van der Waals surface area contributed by atoms with Gasteiger partial charge in [0.05, 0.1) is 11.2 Å². The van der Waals surface area contributed by atoms with Gasteiger partial charge in [0.2, 0.25) is 0 Å². The van der Waals surface area contributed by atoms with Crippen molar-refractivity contribution in [1.82, 2.24) is 4.98 Å². The molecule has 15 heavy (non-hydrogen) atoms. The number of phenolic OH excluding ortho intramolecular Hbond substituents is 1. The molecule has 0 saturated heterocycles. The highest BCUT2D eigenvalue weighted by atomic mass is 32.1. The molecule has 0 spiro atoms. The maximum absolute atomic E-state index is 9.21. The Morgan fingerprint density at radius 2 is 1.87 bits per heavy atom. The highest BCUT2D eigenvalue weighted by Gasteiger charge is 2.11. The van der Waals surface area contributed by atoms with E-state index in [1.54, 1.807) is 23.5 Å². The van der Waals surface area contributed by atoms with Gasteiger partial charge in [-0.2, -0.15) is 0 Å². The minimum atomic E-state index is 0.292. The normalized spacial score (nSPS) is 10.9. The summed E-state index contributed by atoms with van der Waals surface area (Å²) in [6.45, 7) is 4.33. The Balaban J connectivity index is 2.45. The highest BCUT2D eigenvalue weighted by molar-refractivity contribution is 7.10. The molecule has 1 aromatic carbocycles. The molecule has 2 rings (SSSR count). The molecule has 0 fully saturated rings. The lowest BCUT2D eigenvalue weighted by Crippen LogP contribution is -1.87. The minimum absolute atomic E-state index is 0.292. The molecule has 1 N–H and O–H groups in total. The number of phenols is 1. The van der Waals surface area contributed by atoms with E-state index in [2.05, 4.69) is 18.8 Å². The van der Waals surface area contributed by atoms with Crippen molar-refractivity contribution < 1.29 is 5.11 Å². The Morgan fingerprint density at radius 1 is 1.20 bits per heavy atom. The van der Waals surface area contributed by atoms with Gasteiger partial charge in [0.1, 0.15) is 5.75 Å². The van der Waals surface area contributed by atoms with Gasteiger partial charge in [0.25, 0.3) is 0 Å². The lowest BCUT2D eigenvalue weighted by molar-refractivity contribution is 0.475. The number of hydrogen-bond acceptors (Lipinski definition) is 3. The van der Waals surface area contributed by atoms with Crippen molar-refractivity contribution in [3.8, 4) is 17.0 Å². The predicted molar refractivity (Wildman–Crippen MR) is 63.3 cm³/mol. The van der Waals surface area contributed by atoms with Crippen LogP contribution in [0.25, 0.3) is 11.3 Å². The van der Waals surface area contributed by atoms with Crippen LogP contribution in [0.15, 0.2) is 29.8 Å². The van der Waals surface area contributed by atoms with E-state index in [0.29, 0.717) is 11.7 Å². The van der Waals surface area contributed by atoms with E-state index < -0.39 is 0 Å². The van der Waals surface area contributed by atoms with Gasteiger partial charge in [-0.1, -0.05) is 13.8 Å². The SMILES string of the molecule is CC(C)c1scnc1-c1ccc(O)cc1. The van der Waals surface area contributed by atoms with Crippen LogP contribution in [0.5, 0.6) is 5.75 Å². The Hall–Kier alpha value is -1.35. The van der Waals surface area contributed by atoms with Crippen molar-refractivity contribution in [1.29, 1.82) is 0 Å². The van der Waals surface area contributed by atoms with E-state index in [-0.39, 0.29) is 0 Å². The third-order valence-corrected chi connectivity index (χ3v) is 3.39. The summed E-state index contributed by atoms with van der Waals surface area (Å²) in [6.07, 6.45) is 0. The second-order valence-corrected chi connectivity index (χ2v) is 4.65. The van der Waals surface area contributed by atoms with Gasteiger partial charge in [-0.3, -0.25) is 0 Å². The maximum Gasteiger partial charge on any atom is 0.115 e. The molecule has 0 atom stereocenters. The third-order valence-electron chi connectivity index (χ3n) is 2.26. The Morgan fingerprint density at radius 3 is 2.47 bits per heavy atom. The van der Waals surface area contributed by atoms with Gasteiger partial charge in [-0.25, -0.2) is 4.98 Å². The predicted octanol–water partition coefficient (Wildman–Crippen LogP) is 3.64. The first kappa shape index (κ1) is 10.2. The quantitative estimate of drug-likeness (QED) is 0.836. The van der Waals surface area contributed by atoms with Crippen molar-refractivity contribution in [3.63, 3.8) is 0 Å². The summed E-state index contributed by atoms with van der Waals surface area (Å²) in [5, 5.41) is 9.21. The Labute approximate surface area is 93.2 Å². The lowest BCUT2D eigenvalue weighted by atomic mass is 10.1. The smallest absolute Gasteiger partial charge is 0.115 e. The zero-order chi connectivity index (χ0) is 10.8. The van der Waals surface area contributed by atoms with E-state index in [1.807, 2.05) is 17.6 Å². The zero-order valence-corrected chi connectivity index (χ0v) is 9.58. The summed E-state index contributed by atoms with van der Waals surface area (Å²) in [5.41, 5.74) is 3.98. The topological polar surface area (TPSA) is 33.1 Å². The summed E-state index contributed by atoms with van der Waals surface area (Å²) in [5.74, 6) is 0.779. The van der Waals surface area contributed by atoms with Crippen LogP contribution >= 0.6 is 11.3 Å². The maximum atomic E-state index is 9.21. The summed E-state index contributed by atoms with van der Waals surface area (Å²) >= 11 is 1.68. The van der Waals surface area contributed by atoms with E-state index in [1.165, 1.54) is 4.88 Å². The number of nitrogens with zero attached hydrogens (tertiary/aromatic N) is 1. The molecule has 78 valence electrons. The molecule has 0 radical (unpaired) electrons. The Kier molecular flexibility index (Phi) is 2.73. The van der Waals surface area contributed by atoms with Crippen LogP contribution in [-0.2, 0) is 0 Å². The molecule has 0 aliphatic heterocycles. The number of benzene rings is 1. The number of thiazole rings is 1. The molecular weight excluding hydrogens is 206 g/mol. The molecule has 0 aliphatic rings. The summed E-state index contributed by atoms with van der Waals surface area (Å²) < 4.78 is 0. The van der Waals surface area contributed by atoms with E-state index >= 15 is 0 Å². The van der Waals surface area contributed by atoms with E-state index in [9.17, 15) is 5.11 Å². The fourth-order valence-corrected chi connectivity index (χ4v) is 2.33. The van der Waals surface area contributed by atoms with Gasteiger partial charge in [-0.15, -0.1) is 11.3 Å². The van der Waals surface area contributed by atoms with Crippen molar-refractivity contribution in [2.24, 2.45) is 0 Å². The van der Waals surface area contributed by atoms with E-state index in [0.717, 1.165) is 11.3 Å². The Bertz CT molecular complexity index is 445. The van der Waals surface area contributed by atoms with Crippen LogP contribution in [0.2, 0.25) is 0 Å². The zero-order valence-electron chi connectivity index (χ0n) is 8.77. The van der Waals surface area contributed by atoms with Crippen molar-refractivity contribution in [2.75, 3.05) is 0 Å². The standard InChI is InChI=1S/C12H13NOS/c1-8(2)12-11(13-7-15-12)9-3-5-10(14)6-4-9/h3-8,14H,1-2H3. The molecule has 0 amide bonds. The average molecular weight is 219 g/mol. The largest absolute Gasteiger partial charge is 0.508 e. The summed E-state index contributed by atoms with van der Waals surface area (Å²) in [4.78, 5) is 5.67. The lowest BCUT2D eigenvalue weighted by Gasteiger charge is -2.05. The molecule has 0 bridgehead atoms. The van der Waals surface area contributed by atoms with Gasteiger partial charge < -0.3 is 5.11 Å². The number of rotatable bonds is 2. The highest BCUT2D eigenvalue weighted by Crippen LogP contribution is 2.31. The molecule has 1 aromatic heterocycles. The molecule has 0 saturated carbocycles. The first-order valence-electron chi connectivity index (χ1n) is 4.91. The summed E-state index contributed by atoms with van der Waals surface area (Å²) in [6, 6.07) is 7.18. The van der Waals surface area contributed by atoms with Crippen LogP contribution < -0.4 is 0 Å². The van der Waals surface area contributed by atoms with Crippen LogP contribution in [0.3, 0.4) is 0 Å². The molecular formula is C12H13NOS. The van der Waals surface area contributed by atoms with E-state index in [4.69, 9.17) is 0 Å². The molecule has 3 heteroatoms. The molecule has 2 nitrogen and oxygen atoms in total. The number of hydrogen-bond donors (Lipinski definition) is 1. The van der Waals surface area contributed by atoms with Gasteiger partial charge >= 0.3 is 0 Å². The number of aromatic hydroxyl groups is 1. The molecule has 0 aliphatic carbocycles. The average Bonchev–Trinajstić information content (AvgIpc) is 2.67. The fraction of sp³-hybridized carbons (Fsp3) is 0.250. The number of aromatic nitrogens is 1. The first-order valence-corrected chi connectivity index (χ1v) is 5.79. The molecule has 1 heterocycles. The van der Waals surface area contributed by atoms with Crippen molar-refractivity contribution >= 4 is 11.3 Å². The molecule has 2 aromatic rings. The fourth-order valence-electron chi connectivity index (χ4n) is 1.50. The second kappa shape index (κ2) is 4.03. The van der Waals surface area contributed by atoms with Crippen LogP contribution in [0.1, 0.15) is 24.6 Å². The second-order valence-electron chi connectivity index (χ2n) is 3.77. The van der Waals surface area contributed by atoms with Crippen LogP contribution in [0.4, 0.5) is 0 Å². The minimum Gasteiger partial charge on any atom is -0.508 e. The summed E-state index contributed by atoms with van der Waals surface area (Å²) in [7, 11) is 0. The van der Waals surface area contributed by atoms with Crippen molar-refractivity contribution in [2.45, 2.75) is 19.8 Å². The molecule has 0 unspecified atom stereocenters.